The van der Waals surface area contributed by atoms with Crippen molar-refractivity contribution in [2.24, 2.45) is 17.6 Å². The molecule has 1 aromatic carbocycles. The molecule has 0 spiro atoms. The fourth-order valence-corrected chi connectivity index (χ4v) is 3.85. The van der Waals surface area contributed by atoms with Crippen LogP contribution in [0.2, 0.25) is 0 Å². The van der Waals surface area contributed by atoms with E-state index in [1.165, 1.54) is 5.56 Å². The van der Waals surface area contributed by atoms with E-state index in [1.54, 1.807) is 7.11 Å². The van der Waals surface area contributed by atoms with Gasteiger partial charge in [-0.3, -0.25) is 9.69 Å². The summed E-state index contributed by atoms with van der Waals surface area (Å²) >= 11 is 0. The number of carboxylic acids is 1. The summed E-state index contributed by atoms with van der Waals surface area (Å²) in [6.07, 6.45) is 1.55. The third-order valence-corrected chi connectivity index (χ3v) is 4.93. The fraction of sp³-hybridized carbons (Fsp3) is 0.562. The van der Waals surface area contributed by atoms with E-state index in [-0.39, 0.29) is 5.92 Å². The van der Waals surface area contributed by atoms with Crippen LogP contribution >= 0.6 is 0 Å². The minimum atomic E-state index is -1.03. The number of hydrogen-bond acceptors (Lipinski definition) is 4. The normalized spacial score (nSPS) is 32.1. The predicted molar refractivity (Wildman–Crippen MR) is 79.0 cm³/mol. The van der Waals surface area contributed by atoms with Crippen molar-refractivity contribution in [2.75, 3.05) is 20.2 Å². The third-order valence-electron chi connectivity index (χ3n) is 4.93. The van der Waals surface area contributed by atoms with Crippen molar-refractivity contribution in [3.8, 4) is 5.75 Å². The van der Waals surface area contributed by atoms with Crippen molar-refractivity contribution in [1.82, 2.24) is 4.90 Å². The number of aliphatic carboxylic acids is 1. The monoisotopic (exact) mass is 290 g/mol. The highest BCUT2D eigenvalue weighted by Crippen LogP contribution is 2.43. The molecule has 1 aliphatic carbocycles. The van der Waals surface area contributed by atoms with E-state index in [2.05, 4.69) is 17.0 Å². The maximum Gasteiger partial charge on any atom is 0.324 e. The molecule has 3 rings (SSSR count). The van der Waals surface area contributed by atoms with Gasteiger partial charge in [-0.1, -0.05) is 12.1 Å². The van der Waals surface area contributed by atoms with E-state index in [9.17, 15) is 9.90 Å². The van der Waals surface area contributed by atoms with E-state index >= 15 is 0 Å². The van der Waals surface area contributed by atoms with E-state index in [4.69, 9.17) is 10.5 Å². The predicted octanol–water partition coefficient (Wildman–Crippen LogP) is 1.32. The van der Waals surface area contributed by atoms with Crippen LogP contribution in [-0.4, -0.2) is 41.7 Å². The molecule has 5 nitrogen and oxygen atoms in total. The van der Waals surface area contributed by atoms with Gasteiger partial charge in [-0.2, -0.15) is 0 Å². The average molecular weight is 290 g/mol. The Kier molecular flexibility index (Phi) is 3.63. The topological polar surface area (TPSA) is 75.8 Å². The maximum absolute atomic E-state index is 11.4. The molecule has 114 valence electrons. The van der Waals surface area contributed by atoms with Gasteiger partial charge in [0.2, 0.25) is 0 Å². The molecule has 1 saturated carbocycles. The van der Waals surface area contributed by atoms with Crippen LogP contribution in [0.25, 0.3) is 0 Å². The standard InChI is InChI=1S/C16H22N2O3/c1-21-14-4-2-11(3-5-14)8-18-9-12-6-13(10-18)16(17,7-12)15(19)20/h2-5,12-13H,6-10,17H2,1H3,(H,19,20)/t12-,13-,16+/m0/s1. The first kappa shape index (κ1) is 14.4. The van der Waals surface area contributed by atoms with Crippen molar-refractivity contribution in [3.05, 3.63) is 29.8 Å². The largest absolute Gasteiger partial charge is 0.497 e. The summed E-state index contributed by atoms with van der Waals surface area (Å²) in [6, 6.07) is 8.03. The van der Waals surface area contributed by atoms with Gasteiger partial charge in [-0.25, -0.2) is 0 Å². The average Bonchev–Trinajstić information content (AvgIpc) is 2.70. The van der Waals surface area contributed by atoms with E-state index in [0.29, 0.717) is 12.3 Å². The number of carbonyl (C=O) groups is 1. The highest BCUT2D eigenvalue weighted by atomic mass is 16.5. The Balaban J connectivity index is 1.68. The van der Waals surface area contributed by atoms with E-state index in [0.717, 1.165) is 31.8 Å². The Morgan fingerprint density at radius 2 is 2.14 bits per heavy atom. The Morgan fingerprint density at radius 1 is 1.43 bits per heavy atom. The summed E-state index contributed by atoms with van der Waals surface area (Å²) in [7, 11) is 1.66. The number of ether oxygens (including phenoxy) is 1. The zero-order valence-electron chi connectivity index (χ0n) is 12.3. The van der Waals surface area contributed by atoms with Crippen molar-refractivity contribution in [3.63, 3.8) is 0 Å². The molecule has 1 aromatic rings. The number of benzene rings is 1. The smallest absolute Gasteiger partial charge is 0.324 e. The van der Waals surface area contributed by atoms with Gasteiger partial charge in [0, 0.05) is 25.6 Å². The van der Waals surface area contributed by atoms with Crippen LogP contribution in [0.4, 0.5) is 0 Å². The molecule has 5 heteroatoms. The Morgan fingerprint density at radius 3 is 2.76 bits per heavy atom. The van der Waals surface area contributed by atoms with Crippen molar-refractivity contribution >= 4 is 5.97 Å². The molecule has 21 heavy (non-hydrogen) atoms. The van der Waals surface area contributed by atoms with Crippen molar-refractivity contribution in [1.29, 1.82) is 0 Å². The van der Waals surface area contributed by atoms with Crippen LogP contribution in [0, 0.1) is 11.8 Å². The van der Waals surface area contributed by atoms with Gasteiger partial charge < -0.3 is 15.6 Å². The van der Waals surface area contributed by atoms with Gasteiger partial charge in [0.15, 0.2) is 0 Å². The van der Waals surface area contributed by atoms with Crippen LogP contribution < -0.4 is 10.5 Å². The lowest BCUT2D eigenvalue weighted by atomic mass is 9.87. The molecule has 2 bridgehead atoms. The van der Waals surface area contributed by atoms with Gasteiger partial charge >= 0.3 is 5.97 Å². The first-order chi connectivity index (χ1) is 10.0. The molecule has 0 radical (unpaired) electrons. The highest BCUT2D eigenvalue weighted by Gasteiger charge is 2.53. The molecule has 0 amide bonds. The number of fused-ring (bicyclic) bond motifs is 2. The summed E-state index contributed by atoms with van der Waals surface area (Å²) in [5.74, 6) is 0.473. The molecular formula is C16H22N2O3. The highest BCUT2D eigenvalue weighted by molar-refractivity contribution is 5.79. The first-order valence-corrected chi connectivity index (χ1v) is 7.39. The molecule has 0 unspecified atom stereocenters. The minimum absolute atomic E-state index is 0.0620. The number of likely N-dealkylation sites (tertiary alicyclic amines) is 1. The van der Waals surface area contributed by atoms with Gasteiger partial charge in [-0.05, 0) is 36.5 Å². The van der Waals surface area contributed by atoms with Crippen molar-refractivity contribution < 1.29 is 14.6 Å². The van der Waals surface area contributed by atoms with Crippen LogP contribution in [0.5, 0.6) is 5.75 Å². The number of carboxylic acid groups (broad SMARTS) is 1. The van der Waals surface area contributed by atoms with Crippen LogP contribution in [-0.2, 0) is 11.3 Å². The zero-order chi connectivity index (χ0) is 15.0. The lowest BCUT2D eigenvalue weighted by Gasteiger charge is -2.34. The summed E-state index contributed by atoms with van der Waals surface area (Å²) in [4.78, 5) is 13.8. The summed E-state index contributed by atoms with van der Waals surface area (Å²) in [5, 5.41) is 9.40. The minimum Gasteiger partial charge on any atom is -0.497 e. The molecule has 2 fully saturated rings. The summed E-state index contributed by atoms with van der Waals surface area (Å²) in [5.41, 5.74) is 6.33. The van der Waals surface area contributed by atoms with E-state index in [1.807, 2.05) is 12.1 Å². The lowest BCUT2D eigenvalue weighted by Crippen LogP contribution is -2.53. The van der Waals surface area contributed by atoms with Crippen LogP contribution in [0.1, 0.15) is 18.4 Å². The molecule has 1 aliphatic heterocycles. The van der Waals surface area contributed by atoms with Crippen molar-refractivity contribution in [2.45, 2.75) is 24.9 Å². The van der Waals surface area contributed by atoms with Crippen LogP contribution in [0.15, 0.2) is 24.3 Å². The SMILES string of the molecule is COc1ccc(CN2C[C@H]3C[C@@H](C2)[C@@](N)(C(=O)O)C3)cc1. The number of nitrogens with two attached hydrogens (primary N) is 1. The number of rotatable bonds is 4. The Hall–Kier alpha value is -1.59. The maximum atomic E-state index is 11.4. The van der Waals surface area contributed by atoms with Gasteiger partial charge in [-0.15, -0.1) is 0 Å². The zero-order valence-corrected chi connectivity index (χ0v) is 12.3. The quantitative estimate of drug-likeness (QED) is 0.874. The Labute approximate surface area is 124 Å². The molecule has 3 atom stereocenters. The second-order valence-corrected chi connectivity index (χ2v) is 6.39. The van der Waals surface area contributed by atoms with Crippen LogP contribution in [0.3, 0.4) is 0 Å². The molecular weight excluding hydrogens is 268 g/mol. The summed E-state index contributed by atoms with van der Waals surface area (Å²) in [6.45, 7) is 2.55. The molecule has 0 aromatic heterocycles. The second kappa shape index (κ2) is 5.31. The van der Waals surface area contributed by atoms with Gasteiger partial charge in [0.1, 0.15) is 11.3 Å². The summed E-state index contributed by atoms with van der Waals surface area (Å²) < 4.78 is 5.16. The van der Waals surface area contributed by atoms with E-state index < -0.39 is 11.5 Å². The number of hydrogen-bond donors (Lipinski definition) is 2. The number of piperidine rings is 1. The number of nitrogens with zero attached hydrogens (tertiary/aromatic N) is 1. The molecule has 1 saturated heterocycles. The van der Waals surface area contributed by atoms with Gasteiger partial charge in [0.05, 0.1) is 7.11 Å². The third kappa shape index (κ3) is 2.63. The fourth-order valence-electron chi connectivity index (χ4n) is 3.85. The molecule has 1 heterocycles. The molecule has 2 aliphatic rings. The number of methoxy groups -OCH3 is 1. The Bertz CT molecular complexity index is 531. The second-order valence-electron chi connectivity index (χ2n) is 6.39. The van der Waals surface area contributed by atoms with Gasteiger partial charge in [0.25, 0.3) is 0 Å². The lowest BCUT2D eigenvalue weighted by molar-refractivity contribution is -0.144. The first-order valence-electron chi connectivity index (χ1n) is 7.39. The molecule has 3 N–H and O–H groups in total.